The van der Waals surface area contributed by atoms with Gasteiger partial charge in [-0.2, -0.15) is 0 Å². The number of carbonyl (C=O) groups excluding carboxylic acids is 1. The molecule has 0 amide bonds. The first-order chi connectivity index (χ1) is 8.44. The summed E-state index contributed by atoms with van der Waals surface area (Å²) in [5, 5.41) is 3.11. The number of esters is 1. The summed E-state index contributed by atoms with van der Waals surface area (Å²) in [7, 11) is 3.27. The van der Waals surface area contributed by atoms with Crippen LogP contribution in [0.2, 0.25) is 0 Å². The lowest BCUT2D eigenvalue weighted by Gasteiger charge is -2.41. The average Bonchev–Trinajstić information content (AvgIpc) is 2.37. The van der Waals surface area contributed by atoms with Crippen molar-refractivity contribution in [3.63, 3.8) is 0 Å². The number of carbonyl (C=O) groups is 1. The molecule has 18 heavy (non-hydrogen) atoms. The summed E-state index contributed by atoms with van der Waals surface area (Å²) in [6.45, 7) is 7.55. The van der Waals surface area contributed by atoms with E-state index in [1.807, 2.05) is 14.0 Å². The van der Waals surface area contributed by atoms with Gasteiger partial charge < -0.3 is 10.1 Å². The maximum atomic E-state index is 11.9. The van der Waals surface area contributed by atoms with Gasteiger partial charge in [0.15, 0.2) is 0 Å². The molecule has 0 aromatic heterocycles. The third kappa shape index (κ3) is 3.45. The van der Waals surface area contributed by atoms with E-state index in [2.05, 4.69) is 24.1 Å². The molecule has 0 aromatic carbocycles. The van der Waals surface area contributed by atoms with Crippen LogP contribution in [-0.2, 0) is 9.53 Å². The topological polar surface area (TPSA) is 41.6 Å². The van der Waals surface area contributed by atoms with E-state index in [-0.39, 0.29) is 5.97 Å². The predicted octanol–water partition coefficient (Wildman–Crippen LogP) is 1.79. The molecule has 0 aromatic rings. The standard InChI is InChI=1S/C14H28N2O2/c1-11-8-6-7-9-16(11)12(2)10-14(3,15-4)13(17)18-5/h11-12,15H,6-10H2,1-5H3. The van der Waals surface area contributed by atoms with Crippen molar-refractivity contribution in [2.45, 2.75) is 64.1 Å². The van der Waals surface area contributed by atoms with Crippen molar-refractivity contribution >= 4 is 5.97 Å². The molecule has 4 heteroatoms. The molecule has 1 aliphatic heterocycles. The van der Waals surface area contributed by atoms with Crippen LogP contribution < -0.4 is 5.32 Å². The highest BCUT2D eigenvalue weighted by Crippen LogP contribution is 2.24. The zero-order chi connectivity index (χ0) is 13.8. The predicted molar refractivity (Wildman–Crippen MR) is 73.6 cm³/mol. The number of ether oxygens (including phenoxy) is 1. The summed E-state index contributed by atoms with van der Waals surface area (Å²) < 4.78 is 4.90. The largest absolute Gasteiger partial charge is 0.468 e. The summed E-state index contributed by atoms with van der Waals surface area (Å²) in [5.41, 5.74) is -0.592. The number of hydrogen-bond donors (Lipinski definition) is 1. The molecule has 4 nitrogen and oxygen atoms in total. The van der Waals surface area contributed by atoms with Crippen LogP contribution in [-0.4, -0.2) is 49.2 Å². The molecular weight excluding hydrogens is 228 g/mol. The molecule has 0 saturated carbocycles. The Labute approximate surface area is 111 Å². The van der Waals surface area contributed by atoms with Gasteiger partial charge in [0.25, 0.3) is 0 Å². The first-order valence-electron chi connectivity index (χ1n) is 6.97. The Hall–Kier alpha value is -0.610. The molecule has 1 heterocycles. The molecule has 106 valence electrons. The van der Waals surface area contributed by atoms with Crippen LogP contribution in [0, 0.1) is 0 Å². The Bertz CT molecular complexity index is 283. The van der Waals surface area contributed by atoms with Gasteiger partial charge in [-0.25, -0.2) is 0 Å². The molecule has 1 N–H and O–H groups in total. The maximum absolute atomic E-state index is 11.9. The number of nitrogens with one attached hydrogen (secondary N) is 1. The van der Waals surface area contributed by atoms with Gasteiger partial charge in [0.05, 0.1) is 7.11 Å². The average molecular weight is 256 g/mol. The Morgan fingerprint density at radius 1 is 1.56 bits per heavy atom. The summed E-state index contributed by atoms with van der Waals surface area (Å²) in [6.07, 6.45) is 4.63. The molecule has 3 unspecified atom stereocenters. The molecule has 1 aliphatic rings. The summed E-state index contributed by atoms with van der Waals surface area (Å²) in [5.74, 6) is -0.179. The lowest BCUT2D eigenvalue weighted by molar-refractivity contribution is -0.148. The molecule has 1 rings (SSSR count). The van der Waals surface area contributed by atoms with Gasteiger partial charge in [0.2, 0.25) is 0 Å². The van der Waals surface area contributed by atoms with Gasteiger partial charge in [0.1, 0.15) is 5.54 Å². The van der Waals surface area contributed by atoms with Crippen molar-refractivity contribution in [3.05, 3.63) is 0 Å². The molecule has 3 atom stereocenters. The summed E-state index contributed by atoms with van der Waals surface area (Å²) in [6, 6.07) is 1.00. The van der Waals surface area contributed by atoms with Gasteiger partial charge in [-0.3, -0.25) is 9.69 Å². The minimum atomic E-state index is -0.592. The van der Waals surface area contributed by atoms with Crippen LogP contribution in [0.3, 0.4) is 0 Å². The highest BCUT2D eigenvalue weighted by molar-refractivity contribution is 5.80. The zero-order valence-corrected chi connectivity index (χ0v) is 12.5. The minimum absolute atomic E-state index is 0.179. The Morgan fingerprint density at radius 2 is 2.22 bits per heavy atom. The van der Waals surface area contributed by atoms with Crippen molar-refractivity contribution < 1.29 is 9.53 Å². The number of piperidine rings is 1. The number of methoxy groups -OCH3 is 1. The third-order valence-electron chi connectivity index (χ3n) is 4.31. The first kappa shape index (κ1) is 15.4. The Balaban J connectivity index is 2.66. The lowest BCUT2D eigenvalue weighted by atomic mass is 9.91. The number of rotatable bonds is 5. The molecular formula is C14H28N2O2. The van der Waals surface area contributed by atoms with E-state index >= 15 is 0 Å². The van der Waals surface area contributed by atoms with Gasteiger partial charge >= 0.3 is 5.97 Å². The molecule has 0 spiro atoms. The number of likely N-dealkylation sites (N-methyl/N-ethyl adjacent to an activating group) is 1. The molecule has 1 saturated heterocycles. The fourth-order valence-electron chi connectivity index (χ4n) is 3.00. The van der Waals surface area contributed by atoms with E-state index in [9.17, 15) is 4.79 Å². The molecule has 0 radical (unpaired) electrons. The summed E-state index contributed by atoms with van der Waals surface area (Å²) >= 11 is 0. The van der Waals surface area contributed by atoms with Gasteiger partial charge in [-0.1, -0.05) is 6.42 Å². The van der Waals surface area contributed by atoms with Crippen LogP contribution in [0.4, 0.5) is 0 Å². The van der Waals surface area contributed by atoms with E-state index in [4.69, 9.17) is 4.74 Å². The number of hydrogen-bond acceptors (Lipinski definition) is 4. The monoisotopic (exact) mass is 256 g/mol. The second kappa shape index (κ2) is 6.53. The minimum Gasteiger partial charge on any atom is -0.468 e. The van der Waals surface area contributed by atoms with Gasteiger partial charge in [-0.05, 0) is 53.6 Å². The van der Waals surface area contributed by atoms with Crippen LogP contribution in [0.25, 0.3) is 0 Å². The van der Waals surface area contributed by atoms with Crippen LogP contribution in [0.5, 0.6) is 0 Å². The normalized spacial score (nSPS) is 26.4. The van der Waals surface area contributed by atoms with Crippen LogP contribution in [0.1, 0.15) is 46.5 Å². The van der Waals surface area contributed by atoms with E-state index in [1.54, 1.807) is 0 Å². The van der Waals surface area contributed by atoms with Crippen molar-refractivity contribution in [3.8, 4) is 0 Å². The Kier molecular flexibility index (Phi) is 5.60. The Morgan fingerprint density at radius 3 is 2.72 bits per heavy atom. The third-order valence-corrected chi connectivity index (χ3v) is 4.31. The van der Waals surface area contributed by atoms with Crippen LogP contribution in [0.15, 0.2) is 0 Å². The second-order valence-corrected chi connectivity index (χ2v) is 5.71. The van der Waals surface area contributed by atoms with Crippen molar-refractivity contribution in [1.82, 2.24) is 10.2 Å². The van der Waals surface area contributed by atoms with E-state index < -0.39 is 5.54 Å². The SMILES string of the molecule is CNC(C)(CC(C)N1CCCCC1C)C(=O)OC. The number of likely N-dealkylation sites (tertiary alicyclic amines) is 1. The highest BCUT2D eigenvalue weighted by atomic mass is 16.5. The molecule has 0 aliphatic carbocycles. The molecule has 0 bridgehead atoms. The second-order valence-electron chi connectivity index (χ2n) is 5.71. The van der Waals surface area contributed by atoms with E-state index in [0.29, 0.717) is 12.1 Å². The maximum Gasteiger partial charge on any atom is 0.325 e. The lowest BCUT2D eigenvalue weighted by Crippen LogP contribution is -2.54. The van der Waals surface area contributed by atoms with Crippen molar-refractivity contribution in [2.75, 3.05) is 20.7 Å². The van der Waals surface area contributed by atoms with Gasteiger partial charge in [-0.15, -0.1) is 0 Å². The van der Waals surface area contributed by atoms with Crippen molar-refractivity contribution in [1.29, 1.82) is 0 Å². The number of nitrogens with zero attached hydrogens (tertiary/aromatic N) is 1. The fourth-order valence-corrected chi connectivity index (χ4v) is 3.00. The smallest absolute Gasteiger partial charge is 0.325 e. The van der Waals surface area contributed by atoms with Gasteiger partial charge in [0, 0.05) is 12.1 Å². The zero-order valence-electron chi connectivity index (χ0n) is 12.5. The summed E-state index contributed by atoms with van der Waals surface area (Å²) in [4.78, 5) is 14.4. The fraction of sp³-hybridized carbons (Fsp3) is 0.929. The highest BCUT2D eigenvalue weighted by Gasteiger charge is 2.36. The first-order valence-corrected chi connectivity index (χ1v) is 6.97. The quantitative estimate of drug-likeness (QED) is 0.762. The van der Waals surface area contributed by atoms with Crippen LogP contribution >= 0.6 is 0 Å². The van der Waals surface area contributed by atoms with E-state index in [1.165, 1.54) is 26.4 Å². The van der Waals surface area contributed by atoms with Crippen molar-refractivity contribution in [2.24, 2.45) is 0 Å². The molecule has 1 fully saturated rings. The van der Waals surface area contributed by atoms with E-state index in [0.717, 1.165) is 13.0 Å².